The van der Waals surface area contributed by atoms with Gasteiger partial charge in [-0.2, -0.15) is 4.72 Å². The largest absolute Gasteiger partial charge is 0.504 e. The molecule has 0 bridgehead atoms. The van der Waals surface area contributed by atoms with Gasteiger partial charge in [-0.3, -0.25) is 0 Å². The van der Waals surface area contributed by atoms with Crippen molar-refractivity contribution in [2.45, 2.75) is 17.6 Å². The number of nitrogens with one attached hydrogen (secondary N) is 1. The number of nitrogen functional groups attached to an aromatic ring is 1. The van der Waals surface area contributed by atoms with Crippen molar-refractivity contribution in [3.63, 3.8) is 0 Å². The van der Waals surface area contributed by atoms with Crippen LogP contribution in [0.5, 0.6) is 5.75 Å². The van der Waals surface area contributed by atoms with E-state index in [2.05, 4.69) is 0 Å². The summed E-state index contributed by atoms with van der Waals surface area (Å²) in [5.74, 6) is -0.934. The van der Waals surface area contributed by atoms with Gasteiger partial charge in [-0.05, 0) is 12.1 Å². The molecule has 0 aromatic heterocycles. The number of hydrogen-bond donors (Lipinski definition) is 3. The molecule has 10 heteroatoms. The number of sulfonamides is 1. The molecule has 4 N–H and O–H groups in total. The first kappa shape index (κ1) is 14.9. The Morgan fingerprint density at radius 1 is 1.33 bits per heavy atom. The minimum atomic E-state index is -4.76. The van der Waals surface area contributed by atoms with E-state index in [1.54, 1.807) is 0 Å². The second kappa shape index (κ2) is 5.21. The van der Waals surface area contributed by atoms with Gasteiger partial charge in [-0.25, -0.2) is 21.6 Å². The Bertz CT molecular complexity index is 553. The lowest BCUT2D eigenvalue weighted by Crippen LogP contribution is -2.36. The van der Waals surface area contributed by atoms with E-state index >= 15 is 0 Å². The molecule has 0 saturated carbocycles. The third-order valence-electron chi connectivity index (χ3n) is 1.87. The summed E-state index contributed by atoms with van der Waals surface area (Å²) in [5.41, 5.74) is 4.89. The van der Waals surface area contributed by atoms with Crippen molar-refractivity contribution in [3.05, 3.63) is 17.2 Å². The first-order valence-corrected chi connectivity index (χ1v) is 6.24. The third-order valence-corrected chi connectivity index (χ3v) is 3.79. The van der Waals surface area contributed by atoms with Gasteiger partial charge in [-0.15, -0.1) is 0 Å². The summed E-state index contributed by atoms with van der Waals surface area (Å²) in [6.07, 6.45) is -6.67. The smallest absolute Gasteiger partial charge is 0.283 e. The molecule has 102 valence electrons. The molecule has 0 radical (unpaired) electrons. The zero-order valence-electron chi connectivity index (χ0n) is 8.57. The quantitative estimate of drug-likeness (QED) is 0.446. The molecule has 1 atom stereocenters. The van der Waals surface area contributed by atoms with Crippen LogP contribution in [0, 0.1) is 0 Å². The number of phenols is 1. The summed E-state index contributed by atoms with van der Waals surface area (Å²) in [6.45, 7) is 0. The minimum absolute atomic E-state index is 0.341. The highest BCUT2D eigenvalue weighted by molar-refractivity contribution is 7.89. The fourth-order valence-corrected chi connectivity index (χ4v) is 2.75. The Labute approximate surface area is 105 Å². The number of aromatic hydroxyl groups is 1. The van der Waals surface area contributed by atoms with E-state index in [1.807, 2.05) is 0 Å². The number of hydrogen-bond acceptors (Lipinski definition) is 4. The topological polar surface area (TPSA) is 92.4 Å². The van der Waals surface area contributed by atoms with E-state index in [0.717, 1.165) is 16.9 Å². The average molecular weight is 305 g/mol. The van der Waals surface area contributed by atoms with Crippen molar-refractivity contribution in [2.24, 2.45) is 0 Å². The molecule has 0 fully saturated rings. The Kier molecular flexibility index (Phi) is 4.30. The maximum absolute atomic E-state index is 12.7. The molecule has 0 aliphatic heterocycles. The predicted octanol–water partition coefficient (Wildman–Crippen LogP) is 1.47. The summed E-state index contributed by atoms with van der Waals surface area (Å²) < 4.78 is 60.7. The molecule has 0 heterocycles. The van der Waals surface area contributed by atoms with Crippen LogP contribution < -0.4 is 10.5 Å². The second-order valence-electron chi connectivity index (χ2n) is 3.17. The Morgan fingerprint density at radius 3 is 2.39 bits per heavy atom. The zero-order chi connectivity index (χ0) is 14.1. The summed E-state index contributed by atoms with van der Waals surface area (Å²) >= 11 is 5.50. The molecular formula is C8H8ClF3N2O3S. The highest BCUT2D eigenvalue weighted by atomic mass is 35.5. The second-order valence-corrected chi connectivity index (χ2v) is 5.23. The van der Waals surface area contributed by atoms with E-state index in [-0.39, 0.29) is 5.69 Å². The molecule has 1 aromatic rings. The number of alkyl halides is 3. The van der Waals surface area contributed by atoms with E-state index in [1.165, 1.54) is 0 Å². The van der Waals surface area contributed by atoms with Gasteiger partial charge in [-0.1, -0.05) is 11.6 Å². The lowest BCUT2D eigenvalue weighted by molar-refractivity contribution is 0.0440. The maximum Gasteiger partial charge on any atom is 0.283 e. The molecule has 1 rings (SSSR count). The van der Waals surface area contributed by atoms with Crippen LogP contribution in [0.25, 0.3) is 0 Å². The summed E-state index contributed by atoms with van der Waals surface area (Å²) in [4.78, 5) is -0.951. The van der Waals surface area contributed by atoms with Crippen LogP contribution in [-0.4, -0.2) is 26.2 Å². The van der Waals surface area contributed by atoms with E-state index in [0.29, 0.717) is 0 Å². The van der Waals surface area contributed by atoms with Crippen LogP contribution in [0.3, 0.4) is 0 Å². The highest BCUT2D eigenvalue weighted by Crippen LogP contribution is 2.35. The Morgan fingerprint density at radius 2 is 1.89 bits per heavy atom. The molecule has 0 aliphatic carbocycles. The van der Waals surface area contributed by atoms with Crippen molar-refractivity contribution >= 4 is 27.3 Å². The van der Waals surface area contributed by atoms with Crippen LogP contribution in [0.1, 0.15) is 0 Å². The first-order valence-electron chi connectivity index (χ1n) is 4.38. The van der Waals surface area contributed by atoms with Crippen LogP contribution >= 0.6 is 11.6 Å². The number of anilines is 1. The van der Waals surface area contributed by atoms with Crippen LogP contribution in [0.15, 0.2) is 17.0 Å². The lowest BCUT2D eigenvalue weighted by atomic mass is 10.3. The van der Waals surface area contributed by atoms with Crippen LogP contribution in [0.4, 0.5) is 18.9 Å². The molecule has 1 unspecified atom stereocenters. The van der Waals surface area contributed by atoms with Gasteiger partial charge in [0.25, 0.3) is 6.43 Å². The number of halogens is 4. The van der Waals surface area contributed by atoms with Crippen molar-refractivity contribution in [1.82, 2.24) is 4.72 Å². The number of phenolic OH excluding ortho intramolecular Hbond substituents is 1. The Hall–Kier alpha value is -1.19. The van der Waals surface area contributed by atoms with E-state index < -0.39 is 38.4 Å². The molecule has 5 nitrogen and oxygen atoms in total. The molecule has 1 aromatic carbocycles. The van der Waals surface area contributed by atoms with E-state index in [9.17, 15) is 26.7 Å². The van der Waals surface area contributed by atoms with Crippen molar-refractivity contribution in [1.29, 1.82) is 0 Å². The first-order chi connectivity index (χ1) is 8.16. The van der Waals surface area contributed by atoms with Gasteiger partial charge < -0.3 is 10.8 Å². The fourth-order valence-electron chi connectivity index (χ4n) is 1.08. The fraction of sp³-hybridized carbons (Fsp3) is 0.250. The zero-order valence-corrected chi connectivity index (χ0v) is 10.1. The van der Waals surface area contributed by atoms with Gasteiger partial charge in [0, 0.05) is 0 Å². The molecule has 0 spiro atoms. The van der Waals surface area contributed by atoms with E-state index in [4.69, 9.17) is 17.3 Å². The van der Waals surface area contributed by atoms with Crippen molar-refractivity contribution in [3.8, 4) is 5.75 Å². The molecule has 0 amide bonds. The predicted molar refractivity (Wildman–Crippen MR) is 58.8 cm³/mol. The Balaban J connectivity index is 3.25. The normalized spacial score (nSPS) is 13.8. The minimum Gasteiger partial charge on any atom is -0.504 e. The summed E-state index contributed by atoms with van der Waals surface area (Å²) in [7, 11) is -4.76. The standard InChI is InChI=1S/C8H8ClF3N2O3S/c9-3-1-2-4(13)5(15)6(3)18(16,17)14-8(12)7(10)11/h1-2,7-8,14-15H,13H2. The SMILES string of the molecule is Nc1ccc(Cl)c(S(=O)(=O)NC(F)C(F)F)c1O. The summed E-state index contributed by atoms with van der Waals surface area (Å²) in [6, 6.07) is 2.14. The maximum atomic E-state index is 12.7. The van der Waals surface area contributed by atoms with Gasteiger partial charge >= 0.3 is 0 Å². The number of nitrogens with two attached hydrogens (primary N) is 1. The molecule has 0 saturated heterocycles. The molecular weight excluding hydrogens is 297 g/mol. The van der Waals surface area contributed by atoms with Gasteiger partial charge in [0.2, 0.25) is 16.3 Å². The third kappa shape index (κ3) is 2.98. The van der Waals surface area contributed by atoms with Gasteiger partial charge in [0.15, 0.2) is 5.75 Å². The van der Waals surface area contributed by atoms with Crippen molar-refractivity contribution < 1.29 is 26.7 Å². The number of rotatable bonds is 4. The molecule has 18 heavy (non-hydrogen) atoms. The number of benzene rings is 1. The summed E-state index contributed by atoms with van der Waals surface area (Å²) in [5, 5.41) is 8.95. The van der Waals surface area contributed by atoms with Crippen molar-refractivity contribution in [2.75, 3.05) is 5.73 Å². The average Bonchev–Trinajstić information content (AvgIpc) is 2.23. The molecule has 0 aliphatic rings. The van der Waals surface area contributed by atoms with Gasteiger partial charge in [0.05, 0.1) is 10.7 Å². The lowest BCUT2D eigenvalue weighted by Gasteiger charge is -2.13. The monoisotopic (exact) mass is 304 g/mol. The highest BCUT2D eigenvalue weighted by Gasteiger charge is 2.30. The van der Waals surface area contributed by atoms with Gasteiger partial charge in [0.1, 0.15) is 4.90 Å². The van der Waals surface area contributed by atoms with Crippen LogP contribution in [-0.2, 0) is 10.0 Å². The van der Waals surface area contributed by atoms with Crippen LogP contribution in [0.2, 0.25) is 5.02 Å².